The molecular formula is C12H22ClN. The van der Waals surface area contributed by atoms with Gasteiger partial charge in [0.1, 0.15) is 0 Å². The molecule has 0 aromatic carbocycles. The lowest BCUT2D eigenvalue weighted by atomic mass is 9.89. The van der Waals surface area contributed by atoms with Gasteiger partial charge in [0, 0.05) is 5.38 Å². The van der Waals surface area contributed by atoms with Crippen molar-refractivity contribution in [1.29, 1.82) is 0 Å². The van der Waals surface area contributed by atoms with Gasteiger partial charge in [-0.25, -0.2) is 0 Å². The number of nitrogens with one attached hydrogen (secondary N) is 1. The van der Waals surface area contributed by atoms with E-state index in [0.29, 0.717) is 5.38 Å². The minimum absolute atomic E-state index is 0.470. The fraction of sp³-hybridized carbons (Fsp3) is 1.00. The Bertz CT molecular complexity index is 160. The maximum absolute atomic E-state index is 6.07. The van der Waals surface area contributed by atoms with Crippen molar-refractivity contribution >= 4 is 11.6 Å². The van der Waals surface area contributed by atoms with Crippen molar-refractivity contribution in [2.24, 2.45) is 11.8 Å². The molecule has 0 atom stereocenters. The number of hydrogen-bond donors (Lipinski definition) is 1. The first-order valence-electron chi connectivity index (χ1n) is 6.19. The van der Waals surface area contributed by atoms with E-state index in [1.165, 1.54) is 58.0 Å². The molecule has 0 heterocycles. The zero-order valence-electron chi connectivity index (χ0n) is 8.97. The van der Waals surface area contributed by atoms with E-state index in [1.807, 2.05) is 0 Å². The molecule has 2 aliphatic rings. The largest absolute Gasteiger partial charge is 0.316 e. The molecule has 2 heteroatoms. The summed E-state index contributed by atoms with van der Waals surface area (Å²) in [6, 6.07) is 0. The third kappa shape index (κ3) is 3.78. The number of rotatable bonds is 5. The highest BCUT2D eigenvalue weighted by Gasteiger charge is 2.21. The Morgan fingerprint density at radius 2 is 1.57 bits per heavy atom. The summed E-state index contributed by atoms with van der Waals surface area (Å²) in [6.07, 6.45) is 9.52. The second-order valence-corrected chi connectivity index (χ2v) is 5.67. The standard InChI is InChI=1S/C12H22ClN/c13-12-5-3-11(4-6-12)9-14-8-7-10-1-2-10/h10-12,14H,1-9H2. The van der Waals surface area contributed by atoms with Crippen LogP contribution < -0.4 is 5.32 Å². The van der Waals surface area contributed by atoms with Gasteiger partial charge in [-0.05, 0) is 57.0 Å². The zero-order valence-corrected chi connectivity index (χ0v) is 9.73. The van der Waals surface area contributed by atoms with Gasteiger partial charge in [-0.1, -0.05) is 12.8 Å². The van der Waals surface area contributed by atoms with E-state index >= 15 is 0 Å². The lowest BCUT2D eigenvalue weighted by Crippen LogP contribution is -2.27. The van der Waals surface area contributed by atoms with Crippen molar-refractivity contribution in [3.8, 4) is 0 Å². The number of hydrogen-bond acceptors (Lipinski definition) is 1. The van der Waals surface area contributed by atoms with Crippen molar-refractivity contribution in [2.45, 2.75) is 50.3 Å². The van der Waals surface area contributed by atoms with Crippen molar-refractivity contribution in [1.82, 2.24) is 5.32 Å². The van der Waals surface area contributed by atoms with Gasteiger partial charge < -0.3 is 5.32 Å². The van der Waals surface area contributed by atoms with E-state index in [1.54, 1.807) is 0 Å². The summed E-state index contributed by atoms with van der Waals surface area (Å²) >= 11 is 6.07. The molecule has 0 aromatic rings. The maximum Gasteiger partial charge on any atom is 0.0336 e. The van der Waals surface area contributed by atoms with Gasteiger partial charge in [-0.15, -0.1) is 11.6 Å². The highest BCUT2D eigenvalue weighted by molar-refractivity contribution is 6.20. The third-order valence-electron chi connectivity index (χ3n) is 3.64. The summed E-state index contributed by atoms with van der Waals surface area (Å²) in [7, 11) is 0. The predicted molar refractivity (Wildman–Crippen MR) is 61.8 cm³/mol. The molecule has 0 aromatic heterocycles. The molecule has 2 aliphatic carbocycles. The Labute approximate surface area is 92.6 Å². The Morgan fingerprint density at radius 3 is 2.21 bits per heavy atom. The van der Waals surface area contributed by atoms with E-state index in [0.717, 1.165) is 11.8 Å². The summed E-state index contributed by atoms with van der Waals surface area (Å²) in [5.41, 5.74) is 0. The van der Waals surface area contributed by atoms with Crippen LogP contribution in [-0.4, -0.2) is 18.5 Å². The molecule has 2 saturated carbocycles. The van der Waals surface area contributed by atoms with E-state index in [4.69, 9.17) is 11.6 Å². The summed E-state index contributed by atoms with van der Waals surface area (Å²) in [6.45, 7) is 2.47. The quantitative estimate of drug-likeness (QED) is 0.549. The van der Waals surface area contributed by atoms with Gasteiger partial charge in [0.05, 0.1) is 0 Å². The van der Waals surface area contributed by atoms with Gasteiger partial charge >= 0.3 is 0 Å². The van der Waals surface area contributed by atoms with Crippen LogP contribution in [0.2, 0.25) is 0 Å². The van der Waals surface area contributed by atoms with Crippen LogP contribution in [0.15, 0.2) is 0 Å². The smallest absolute Gasteiger partial charge is 0.0336 e. The van der Waals surface area contributed by atoms with E-state index < -0.39 is 0 Å². The lowest BCUT2D eigenvalue weighted by molar-refractivity contribution is 0.345. The topological polar surface area (TPSA) is 12.0 Å². The molecule has 0 spiro atoms. The molecule has 0 bridgehead atoms. The average molecular weight is 216 g/mol. The Morgan fingerprint density at radius 1 is 0.929 bits per heavy atom. The van der Waals surface area contributed by atoms with Gasteiger partial charge in [0.15, 0.2) is 0 Å². The molecule has 0 unspecified atom stereocenters. The number of alkyl halides is 1. The van der Waals surface area contributed by atoms with Crippen LogP contribution in [0.3, 0.4) is 0 Å². The first-order valence-corrected chi connectivity index (χ1v) is 6.63. The second kappa shape index (κ2) is 5.37. The fourth-order valence-electron chi connectivity index (χ4n) is 2.34. The van der Waals surface area contributed by atoms with E-state index in [9.17, 15) is 0 Å². The molecule has 0 saturated heterocycles. The third-order valence-corrected chi connectivity index (χ3v) is 4.07. The summed E-state index contributed by atoms with van der Waals surface area (Å²) in [4.78, 5) is 0. The van der Waals surface area contributed by atoms with Gasteiger partial charge in [-0.3, -0.25) is 0 Å². The monoisotopic (exact) mass is 215 g/mol. The maximum atomic E-state index is 6.07. The molecule has 0 radical (unpaired) electrons. The highest BCUT2D eigenvalue weighted by Crippen LogP contribution is 2.32. The minimum atomic E-state index is 0.470. The average Bonchev–Trinajstić information content (AvgIpc) is 2.99. The SMILES string of the molecule is ClC1CCC(CNCCC2CC2)CC1. The number of halogens is 1. The van der Waals surface area contributed by atoms with Crippen molar-refractivity contribution in [3.63, 3.8) is 0 Å². The summed E-state index contributed by atoms with van der Waals surface area (Å²) < 4.78 is 0. The first kappa shape index (κ1) is 10.8. The van der Waals surface area contributed by atoms with Gasteiger partial charge in [0.25, 0.3) is 0 Å². The predicted octanol–water partition coefficient (Wildman–Crippen LogP) is 3.17. The van der Waals surface area contributed by atoms with Crippen molar-refractivity contribution in [3.05, 3.63) is 0 Å². The van der Waals surface area contributed by atoms with Crippen LogP contribution in [0.25, 0.3) is 0 Å². The molecule has 0 aliphatic heterocycles. The molecule has 14 heavy (non-hydrogen) atoms. The Balaban J connectivity index is 1.47. The minimum Gasteiger partial charge on any atom is -0.316 e. The summed E-state index contributed by atoms with van der Waals surface area (Å²) in [5.74, 6) is 1.98. The van der Waals surface area contributed by atoms with Crippen LogP contribution in [0.5, 0.6) is 0 Å². The van der Waals surface area contributed by atoms with E-state index in [2.05, 4.69) is 5.32 Å². The molecule has 2 fully saturated rings. The van der Waals surface area contributed by atoms with Gasteiger partial charge in [-0.2, -0.15) is 0 Å². The van der Waals surface area contributed by atoms with E-state index in [-0.39, 0.29) is 0 Å². The summed E-state index contributed by atoms with van der Waals surface area (Å²) in [5, 5.41) is 4.07. The normalized spacial score (nSPS) is 33.2. The van der Waals surface area contributed by atoms with Gasteiger partial charge in [0.2, 0.25) is 0 Å². The molecule has 1 N–H and O–H groups in total. The van der Waals surface area contributed by atoms with Crippen LogP contribution in [0.1, 0.15) is 44.9 Å². The van der Waals surface area contributed by atoms with Crippen LogP contribution in [0, 0.1) is 11.8 Å². The molecule has 0 amide bonds. The van der Waals surface area contributed by atoms with Crippen LogP contribution in [0.4, 0.5) is 0 Å². The van der Waals surface area contributed by atoms with Crippen LogP contribution in [-0.2, 0) is 0 Å². The van der Waals surface area contributed by atoms with Crippen molar-refractivity contribution < 1.29 is 0 Å². The van der Waals surface area contributed by atoms with Crippen LogP contribution >= 0.6 is 11.6 Å². The molecule has 82 valence electrons. The Kier molecular flexibility index (Phi) is 4.12. The lowest BCUT2D eigenvalue weighted by Gasteiger charge is -2.25. The molecule has 1 nitrogen and oxygen atoms in total. The molecule has 2 rings (SSSR count). The fourth-order valence-corrected chi connectivity index (χ4v) is 2.60. The highest BCUT2D eigenvalue weighted by atomic mass is 35.5. The second-order valence-electron chi connectivity index (χ2n) is 5.05. The zero-order chi connectivity index (χ0) is 9.80. The van der Waals surface area contributed by atoms with Crippen molar-refractivity contribution in [2.75, 3.05) is 13.1 Å². The first-order chi connectivity index (χ1) is 6.84. The molecular weight excluding hydrogens is 194 g/mol. The Hall–Kier alpha value is 0.250.